The van der Waals surface area contributed by atoms with E-state index in [-0.39, 0.29) is 6.42 Å². The van der Waals surface area contributed by atoms with Crippen LogP contribution in [0.15, 0.2) is 0 Å². The monoisotopic (exact) mass is 279 g/mol. The zero-order chi connectivity index (χ0) is 14.3. The van der Waals surface area contributed by atoms with Gasteiger partial charge in [0.1, 0.15) is 0 Å². The third-order valence-corrected chi connectivity index (χ3v) is 3.55. The van der Waals surface area contributed by atoms with E-state index in [9.17, 15) is 13.2 Å². The average Bonchev–Trinajstić information content (AvgIpc) is 2.39. The van der Waals surface area contributed by atoms with E-state index in [2.05, 4.69) is 6.92 Å². The van der Waals surface area contributed by atoms with Gasteiger partial charge in [-0.15, -0.1) is 0 Å². The highest BCUT2D eigenvalue weighted by molar-refractivity contribution is 4.72. The molecule has 0 bridgehead atoms. The fourth-order valence-electron chi connectivity index (χ4n) is 2.27. The molecule has 0 nitrogen and oxygen atoms in total. The smallest absolute Gasteiger partial charge is 0.241 e. The van der Waals surface area contributed by atoms with Crippen LogP contribution >= 0.6 is 0 Å². The molecule has 0 aliphatic carbocycles. The minimum atomic E-state index is -2.07. The lowest BCUT2D eigenvalue weighted by molar-refractivity contribution is 0.148. The molecule has 0 rings (SSSR count). The Balaban J connectivity index is 3.03. The topological polar surface area (TPSA) is 0 Å². The molecule has 0 heterocycles. The van der Waals surface area contributed by atoms with Gasteiger partial charge in [-0.2, -0.15) is 8.78 Å². The summed E-state index contributed by atoms with van der Waals surface area (Å²) in [7, 11) is 0. The van der Waals surface area contributed by atoms with Gasteiger partial charge in [-0.1, -0.05) is 84.0 Å². The van der Waals surface area contributed by atoms with E-state index in [4.69, 9.17) is 0 Å². The third-order valence-electron chi connectivity index (χ3n) is 3.55. The third kappa shape index (κ3) is 14.0. The summed E-state index contributed by atoms with van der Waals surface area (Å²) < 4.78 is 36.1. The van der Waals surface area contributed by atoms with E-state index in [1.807, 2.05) is 0 Å². The Hall–Kier alpha value is -0.210. The van der Waals surface area contributed by atoms with E-state index in [1.165, 1.54) is 51.4 Å². The molecule has 0 fully saturated rings. The van der Waals surface area contributed by atoms with Crippen LogP contribution in [0.5, 0.6) is 0 Å². The van der Waals surface area contributed by atoms with Gasteiger partial charge in [0.15, 0.2) is 6.17 Å². The molecule has 0 saturated heterocycles. The van der Waals surface area contributed by atoms with Crippen LogP contribution in [0.4, 0.5) is 13.2 Å². The van der Waals surface area contributed by atoms with Crippen molar-refractivity contribution in [1.29, 1.82) is 0 Å². The van der Waals surface area contributed by atoms with Crippen LogP contribution in [-0.2, 0) is 0 Å². The lowest BCUT2D eigenvalue weighted by atomic mass is 10.0. The fourth-order valence-corrected chi connectivity index (χ4v) is 2.27. The second-order valence-corrected chi connectivity index (χ2v) is 5.43. The summed E-state index contributed by atoms with van der Waals surface area (Å²) in [5.74, 6) is 0. The van der Waals surface area contributed by atoms with Crippen molar-refractivity contribution in [2.24, 2.45) is 0 Å². The molecule has 19 heavy (non-hydrogen) atoms. The second kappa shape index (κ2) is 14.2. The van der Waals surface area contributed by atoms with Crippen LogP contribution in [0, 0.1) is 6.43 Å². The molecule has 1 atom stereocenters. The van der Waals surface area contributed by atoms with Gasteiger partial charge in [0.05, 0.1) is 0 Å². The van der Waals surface area contributed by atoms with Crippen molar-refractivity contribution in [3.05, 3.63) is 6.43 Å². The van der Waals surface area contributed by atoms with E-state index < -0.39 is 12.6 Å². The van der Waals surface area contributed by atoms with E-state index >= 15 is 0 Å². The quantitative estimate of drug-likeness (QED) is 0.305. The van der Waals surface area contributed by atoms with E-state index in [0.29, 0.717) is 6.42 Å². The first-order valence-corrected chi connectivity index (χ1v) is 8.00. The minimum absolute atomic E-state index is 0.0141. The number of hydrogen-bond donors (Lipinski definition) is 0. The Morgan fingerprint density at radius 2 is 1.05 bits per heavy atom. The molecule has 3 heteroatoms. The molecule has 0 amide bonds. The molecule has 0 saturated carbocycles. The molecule has 0 N–H and O–H groups in total. The lowest BCUT2D eigenvalue weighted by Crippen LogP contribution is -2.03. The SMILES string of the molecule is CCCCCCCCCCCCCCC(F)[C](F)F. The van der Waals surface area contributed by atoms with Crippen LogP contribution in [0.1, 0.15) is 90.4 Å². The first kappa shape index (κ1) is 18.8. The summed E-state index contributed by atoms with van der Waals surface area (Å²) in [6.07, 6.45) is 10.1. The summed E-state index contributed by atoms with van der Waals surface area (Å²) in [5, 5.41) is 0. The summed E-state index contributed by atoms with van der Waals surface area (Å²) in [4.78, 5) is 0. The van der Waals surface area contributed by atoms with Crippen molar-refractivity contribution in [3.8, 4) is 0 Å². The second-order valence-electron chi connectivity index (χ2n) is 5.43. The van der Waals surface area contributed by atoms with Crippen LogP contribution in [0.3, 0.4) is 0 Å². The van der Waals surface area contributed by atoms with Crippen molar-refractivity contribution in [1.82, 2.24) is 0 Å². The summed E-state index contributed by atoms with van der Waals surface area (Å²) in [6, 6.07) is 0. The largest absolute Gasteiger partial charge is 0.343 e. The van der Waals surface area contributed by atoms with Crippen molar-refractivity contribution in [3.63, 3.8) is 0 Å². The molecular weight excluding hydrogens is 249 g/mol. The predicted octanol–water partition coefficient (Wildman–Crippen LogP) is 6.84. The molecule has 0 aromatic carbocycles. The lowest BCUT2D eigenvalue weighted by Gasteiger charge is -2.05. The van der Waals surface area contributed by atoms with Crippen molar-refractivity contribution >= 4 is 0 Å². The number of rotatable bonds is 14. The maximum absolute atomic E-state index is 12.5. The zero-order valence-corrected chi connectivity index (χ0v) is 12.4. The number of halogens is 3. The molecule has 1 unspecified atom stereocenters. The minimum Gasteiger partial charge on any atom is -0.241 e. The van der Waals surface area contributed by atoms with Gasteiger partial charge < -0.3 is 0 Å². The van der Waals surface area contributed by atoms with Crippen LogP contribution < -0.4 is 0 Å². The predicted molar refractivity (Wildman–Crippen MR) is 76.1 cm³/mol. The molecular formula is C16H30F3. The number of hydrogen-bond acceptors (Lipinski definition) is 0. The Labute approximate surface area is 117 Å². The van der Waals surface area contributed by atoms with Gasteiger partial charge in [-0.25, -0.2) is 4.39 Å². The Morgan fingerprint density at radius 3 is 1.42 bits per heavy atom. The van der Waals surface area contributed by atoms with Gasteiger partial charge in [-0.05, 0) is 6.42 Å². The number of unbranched alkanes of at least 4 members (excludes halogenated alkanes) is 11. The molecule has 0 spiro atoms. The van der Waals surface area contributed by atoms with Gasteiger partial charge in [-0.3, -0.25) is 0 Å². The van der Waals surface area contributed by atoms with Crippen molar-refractivity contribution in [2.45, 2.75) is 96.6 Å². The normalized spacial score (nSPS) is 13.1. The first-order chi connectivity index (χ1) is 9.18. The van der Waals surface area contributed by atoms with Crippen LogP contribution in [0.25, 0.3) is 0 Å². The first-order valence-electron chi connectivity index (χ1n) is 8.00. The maximum Gasteiger partial charge on any atom is 0.343 e. The fraction of sp³-hybridized carbons (Fsp3) is 0.938. The summed E-state index contributed by atoms with van der Waals surface area (Å²) in [5.41, 5.74) is 0. The average molecular weight is 279 g/mol. The van der Waals surface area contributed by atoms with Crippen molar-refractivity contribution < 1.29 is 13.2 Å². The molecule has 0 aliphatic heterocycles. The molecule has 0 aromatic heterocycles. The summed E-state index contributed by atoms with van der Waals surface area (Å²) >= 11 is 0. The Bertz CT molecular complexity index is 171. The highest BCUT2D eigenvalue weighted by Gasteiger charge is 2.20. The Morgan fingerprint density at radius 1 is 0.684 bits per heavy atom. The molecule has 1 radical (unpaired) electrons. The van der Waals surface area contributed by atoms with Crippen LogP contribution in [-0.4, -0.2) is 6.17 Å². The molecule has 0 aromatic rings. The van der Waals surface area contributed by atoms with E-state index in [0.717, 1.165) is 19.3 Å². The standard InChI is InChI=1S/C16H30F3/c1-2-3-4-5-6-7-8-9-10-11-12-13-14-15(17)16(18)19/h15H,2-14H2,1H3. The maximum atomic E-state index is 12.5. The van der Waals surface area contributed by atoms with Gasteiger partial charge in [0, 0.05) is 0 Å². The van der Waals surface area contributed by atoms with E-state index in [1.54, 1.807) is 0 Å². The number of alkyl halides is 1. The highest BCUT2D eigenvalue weighted by Crippen LogP contribution is 2.20. The zero-order valence-electron chi connectivity index (χ0n) is 12.4. The molecule has 0 aliphatic rings. The summed E-state index contributed by atoms with van der Waals surface area (Å²) in [6.45, 7) is 2.23. The van der Waals surface area contributed by atoms with Gasteiger partial charge in [0.25, 0.3) is 0 Å². The molecule has 115 valence electrons. The van der Waals surface area contributed by atoms with Gasteiger partial charge in [0.2, 0.25) is 0 Å². The van der Waals surface area contributed by atoms with Crippen LogP contribution in [0.2, 0.25) is 0 Å². The van der Waals surface area contributed by atoms with Gasteiger partial charge >= 0.3 is 6.43 Å². The highest BCUT2D eigenvalue weighted by atomic mass is 19.3. The van der Waals surface area contributed by atoms with Crippen molar-refractivity contribution in [2.75, 3.05) is 0 Å². The Kier molecular flexibility index (Phi) is 14.0.